The minimum Gasteiger partial charge on any atom is -0.478 e. The lowest BCUT2D eigenvalue weighted by molar-refractivity contribution is 0.0694. The van der Waals surface area contributed by atoms with Gasteiger partial charge in [-0.25, -0.2) is 9.18 Å². The number of carbonyl (C=O) groups is 1. The fourth-order valence-corrected chi connectivity index (χ4v) is 1.75. The van der Waals surface area contributed by atoms with E-state index in [0.717, 1.165) is 6.07 Å². The van der Waals surface area contributed by atoms with E-state index in [1.165, 1.54) is 30.3 Å². The summed E-state index contributed by atoms with van der Waals surface area (Å²) in [6.07, 6.45) is 0. The smallest absolute Gasteiger partial charge is 0.339 e. The molecule has 2 aromatic rings. The van der Waals surface area contributed by atoms with E-state index in [2.05, 4.69) is 0 Å². The van der Waals surface area contributed by atoms with Gasteiger partial charge in [0, 0.05) is 5.02 Å². The van der Waals surface area contributed by atoms with Gasteiger partial charge in [-0.15, -0.1) is 0 Å². The van der Waals surface area contributed by atoms with E-state index in [1.54, 1.807) is 6.07 Å². The average molecular weight is 292 g/mol. The average Bonchev–Trinajstić information content (AvgIpc) is 2.41. The molecule has 0 amide bonds. The molecule has 1 N–H and O–H groups in total. The van der Waals surface area contributed by atoms with Crippen molar-refractivity contribution in [2.24, 2.45) is 0 Å². The molecular formula is C14H7ClFNO3. The number of carboxylic acid groups (broad SMARTS) is 1. The first-order chi connectivity index (χ1) is 9.52. The van der Waals surface area contributed by atoms with Crippen LogP contribution in [0, 0.1) is 17.1 Å². The highest BCUT2D eigenvalue weighted by Gasteiger charge is 2.16. The van der Waals surface area contributed by atoms with Crippen LogP contribution in [0.2, 0.25) is 5.02 Å². The largest absolute Gasteiger partial charge is 0.478 e. The molecule has 0 aliphatic heterocycles. The number of benzene rings is 2. The molecular weight excluding hydrogens is 285 g/mol. The second-order valence-corrected chi connectivity index (χ2v) is 4.21. The van der Waals surface area contributed by atoms with E-state index in [1.807, 2.05) is 0 Å². The van der Waals surface area contributed by atoms with Gasteiger partial charge < -0.3 is 9.84 Å². The maximum Gasteiger partial charge on any atom is 0.339 e. The Bertz CT molecular complexity index is 725. The van der Waals surface area contributed by atoms with Crippen LogP contribution in [-0.4, -0.2) is 11.1 Å². The predicted octanol–water partition coefficient (Wildman–Crippen LogP) is 3.84. The van der Waals surface area contributed by atoms with Crippen molar-refractivity contribution in [3.63, 3.8) is 0 Å². The number of aromatic carboxylic acids is 1. The van der Waals surface area contributed by atoms with Crippen molar-refractivity contribution < 1.29 is 19.0 Å². The van der Waals surface area contributed by atoms with Gasteiger partial charge in [0.2, 0.25) is 0 Å². The molecule has 0 atom stereocenters. The van der Waals surface area contributed by atoms with Crippen molar-refractivity contribution >= 4 is 17.6 Å². The first-order valence-electron chi connectivity index (χ1n) is 5.42. The lowest BCUT2D eigenvalue weighted by atomic mass is 10.2. The summed E-state index contributed by atoms with van der Waals surface area (Å²) in [5.74, 6) is -2.06. The van der Waals surface area contributed by atoms with Gasteiger partial charge in [0.15, 0.2) is 0 Å². The third-order valence-electron chi connectivity index (χ3n) is 2.48. The van der Waals surface area contributed by atoms with Crippen molar-refractivity contribution in [1.29, 1.82) is 5.26 Å². The molecule has 20 heavy (non-hydrogen) atoms. The lowest BCUT2D eigenvalue weighted by Crippen LogP contribution is -2.01. The van der Waals surface area contributed by atoms with Crippen LogP contribution in [-0.2, 0) is 0 Å². The van der Waals surface area contributed by atoms with Crippen LogP contribution >= 0.6 is 11.6 Å². The number of rotatable bonds is 3. The minimum atomic E-state index is -1.24. The molecule has 4 nitrogen and oxygen atoms in total. The molecule has 0 bridgehead atoms. The molecule has 0 unspecified atom stereocenters. The van der Waals surface area contributed by atoms with E-state index in [4.69, 9.17) is 26.7 Å². The van der Waals surface area contributed by atoms with Gasteiger partial charge in [-0.05, 0) is 30.3 Å². The van der Waals surface area contributed by atoms with Crippen LogP contribution in [0.1, 0.15) is 15.9 Å². The van der Waals surface area contributed by atoms with Gasteiger partial charge in [0.25, 0.3) is 0 Å². The molecule has 0 saturated carbocycles. The maximum absolute atomic E-state index is 13.4. The summed E-state index contributed by atoms with van der Waals surface area (Å²) in [5, 5.41) is 18.2. The van der Waals surface area contributed by atoms with Crippen LogP contribution in [0.15, 0.2) is 36.4 Å². The van der Waals surface area contributed by atoms with Gasteiger partial charge in [-0.1, -0.05) is 17.7 Å². The number of ether oxygens (including phenoxy) is 1. The Labute approximate surface area is 118 Å². The zero-order valence-electron chi connectivity index (χ0n) is 9.93. The number of halogens is 2. The molecule has 100 valence electrons. The summed E-state index contributed by atoms with van der Waals surface area (Å²) in [7, 11) is 0. The van der Waals surface area contributed by atoms with Gasteiger partial charge >= 0.3 is 5.97 Å². The Morgan fingerprint density at radius 3 is 2.70 bits per heavy atom. The number of hydrogen-bond donors (Lipinski definition) is 1. The first kappa shape index (κ1) is 13.8. The second kappa shape index (κ2) is 5.59. The fraction of sp³-hybridized carbons (Fsp3) is 0. The Morgan fingerprint density at radius 1 is 1.30 bits per heavy atom. The van der Waals surface area contributed by atoms with Crippen molar-refractivity contribution in [2.45, 2.75) is 0 Å². The van der Waals surface area contributed by atoms with Crippen molar-refractivity contribution in [3.05, 3.63) is 58.4 Å². The van der Waals surface area contributed by atoms with E-state index in [0.29, 0.717) is 0 Å². The Balaban J connectivity index is 2.49. The molecule has 0 aromatic heterocycles. The maximum atomic E-state index is 13.4. The van der Waals surface area contributed by atoms with Crippen LogP contribution in [0.4, 0.5) is 4.39 Å². The highest BCUT2D eigenvalue weighted by atomic mass is 35.5. The Kier molecular flexibility index (Phi) is 3.87. The molecule has 0 heterocycles. The van der Waals surface area contributed by atoms with Crippen molar-refractivity contribution in [1.82, 2.24) is 0 Å². The Morgan fingerprint density at radius 2 is 2.05 bits per heavy atom. The minimum absolute atomic E-state index is 0.0241. The van der Waals surface area contributed by atoms with E-state index >= 15 is 0 Å². The van der Waals surface area contributed by atoms with Crippen LogP contribution in [0.5, 0.6) is 11.5 Å². The zero-order chi connectivity index (χ0) is 14.7. The summed E-state index contributed by atoms with van der Waals surface area (Å²) in [6.45, 7) is 0. The molecule has 2 rings (SSSR count). The quantitative estimate of drug-likeness (QED) is 0.932. The molecule has 0 spiro atoms. The summed E-state index contributed by atoms with van der Waals surface area (Å²) < 4.78 is 18.8. The molecule has 0 saturated heterocycles. The van der Waals surface area contributed by atoms with Crippen LogP contribution in [0.25, 0.3) is 0 Å². The van der Waals surface area contributed by atoms with Gasteiger partial charge in [0.1, 0.15) is 34.5 Å². The molecule has 0 aliphatic rings. The van der Waals surface area contributed by atoms with Crippen LogP contribution in [0.3, 0.4) is 0 Å². The highest BCUT2D eigenvalue weighted by molar-refractivity contribution is 6.31. The SMILES string of the molecule is N#Cc1c(F)cccc1Oc1ccc(Cl)cc1C(=O)O. The Hall–Kier alpha value is -2.58. The number of nitriles is 1. The third-order valence-corrected chi connectivity index (χ3v) is 2.71. The lowest BCUT2D eigenvalue weighted by Gasteiger charge is -2.10. The summed E-state index contributed by atoms with van der Waals surface area (Å²) in [5.41, 5.74) is -0.468. The monoisotopic (exact) mass is 291 g/mol. The van der Waals surface area contributed by atoms with Gasteiger partial charge in [-0.3, -0.25) is 0 Å². The first-order valence-corrected chi connectivity index (χ1v) is 5.80. The van der Waals surface area contributed by atoms with Crippen molar-refractivity contribution in [3.8, 4) is 17.6 Å². The van der Waals surface area contributed by atoms with Gasteiger partial charge in [0.05, 0.1) is 0 Å². The summed E-state index contributed by atoms with van der Waals surface area (Å²) in [6, 6.07) is 9.52. The van der Waals surface area contributed by atoms with E-state index in [-0.39, 0.29) is 27.6 Å². The normalized spacial score (nSPS) is 9.85. The van der Waals surface area contributed by atoms with Crippen LogP contribution < -0.4 is 4.74 Å². The van der Waals surface area contributed by atoms with E-state index < -0.39 is 11.8 Å². The molecule has 0 fully saturated rings. The summed E-state index contributed by atoms with van der Waals surface area (Å²) in [4.78, 5) is 11.1. The second-order valence-electron chi connectivity index (χ2n) is 3.77. The summed E-state index contributed by atoms with van der Waals surface area (Å²) >= 11 is 5.72. The molecule has 6 heteroatoms. The standard InChI is InChI=1S/C14H7ClFNO3/c15-8-4-5-13(9(6-8)14(18)19)20-12-3-1-2-11(16)10(12)7-17/h1-6H,(H,18,19). The topological polar surface area (TPSA) is 70.3 Å². The zero-order valence-corrected chi connectivity index (χ0v) is 10.7. The molecule has 0 aliphatic carbocycles. The highest BCUT2D eigenvalue weighted by Crippen LogP contribution is 2.30. The predicted molar refractivity (Wildman–Crippen MR) is 69.6 cm³/mol. The fourth-order valence-electron chi connectivity index (χ4n) is 1.57. The number of carboxylic acids is 1. The van der Waals surface area contributed by atoms with E-state index in [9.17, 15) is 9.18 Å². The van der Waals surface area contributed by atoms with Gasteiger partial charge in [-0.2, -0.15) is 5.26 Å². The molecule has 2 aromatic carbocycles. The van der Waals surface area contributed by atoms with Crippen molar-refractivity contribution in [2.75, 3.05) is 0 Å². The molecule has 0 radical (unpaired) electrons. The third kappa shape index (κ3) is 2.71. The number of hydrogen-bond acceptors (Lipinski definition) is 3. The number of nitrogens with zero attached hydrogens (tertiary/aromatic N) is 1.